The molecule has 1 rings (SSSR count). The Morgan fingerprint density at radius 2 is 1.95 bits per heavy atom. The van der Waals surface area contributed by atoms with Gasteiger partial charge in [0, 0.05) is 29.2 Å². The zero-order valence-corrected chi connectivity index (χ0v) is 14.5. The van der Waals surface area contributed by atoms with Crippen molar-refractivity contribution in [2.75, 3.05) is 19.8 Å². The summed E-state index contributed by atoms with van der Waals surface area (Å²) < 4.78 is 12.5. The molecule has 114 valence electrons. The zero-order valence-electron chi connectivity index (χ0n) is 13.0. The lowest BCUT2D eigenvalue weighted by Gasteiger charge is -2.16. The van der Waals surface area contributed by atoms with Crippen molar-refractivity contribution in [1.82, 2.24) is 5.32 Å². The van der Waals surface area contributed by atoms with Gasteiger partial charge in [-0.3, -0.25) is 0 Å². The molecule has 0 bridgehead atoms. The Labute approximate surface area is 131 Å². The van der Waals surface area contributed by atoms with Crippen LogP contribution < -0.4 is 10.1 Å². The van der Waals surface area contributed by atoms with Gasteiger partial charge in [0.1, 0.15) is 12.4 Å². The third kappa shape index (κ3) is 6.25. The third-order valence-corrected chi connectivity index (χ3v) is 3.30. The maximum Gasteiger partial charge on any atom is 0.126 e. The molecule has 0 amide bonds. The van der Waals surface area contributed by atoms with Crippen LogP contribution in [0.2, 0.25) is 0 Å². The first-order chi connectivity index (χ1) is 9.54. The molecule has 0 aliphatic heterocycles. The van der Waals surface area contributed by atoms with Crippen LogP contribution in [0.25, 0.3) is 0 Å². The second-order valence-electron chi connectivity index (χ2n) is 5.21. The van der Waals surface area contributed by atoms with Gasteiger partial charge in [-0.25, -0.2) is 0 Å². The van der Waals surface area contributed by atoms with Crippen molar-refractivity contribution in [3.05, 3.63) is 27.7 Å². The highest BCUT2D eigenvalue weighted by Crippen LogP contribution is 2.28. The maximum atomic E-state index is 5.92. The molecule has 1 aromatic rings. The Morgan fingerprint density at radius 1 is 1.20 bits per heavy atom. The van der Waals surface area contributed by atoms with Crippen molar-refractivity contribution in [2.24, 2.45) is 0 Å². The fourth-order valence-electron chi connectivity index (χ4n) is 1.90. The van der Waals surface area contributed by atoms with Gasteiger partial charge in [-0.05, 0) is 31.0 Å². The Bertz CT molecular complexity index is 408. The first-order valence-corrected chi connectivity index (χ1v) is 8.06. The molecule has 20 heavy (non-hydrogen) atoms. The minimum absolute atomic E-state index is 0.454. The maximum absolute atomic E-state index is 5.92. The largest absolute Gasteiger partial charge is 0.491 e. The Morgan fingerprint density at radius 3 is 2.60 bits per heavy atom. The molecule has 0 aliphatic carbocycles. The van der Waals surface area contributed by atoms with E-state index >= 15 is 0 Å². The summed E-state index contributed by atoms with van der Waals surface area (Å²) >= 11 is 3.55. The van der Waals surface area contributed by atoms with Gasteiger partial charge in [-0.2, -0.15) is 0 Å². The fraction of sp³-hybridized carbons (Fsp3) is 0.625. The fourth-order valence-corrected chi connectivity index (χ4v) is 2.52. The van der Waals surface area contributed by atoms with E-state index in [4.69, 9.17) is 9.47 Å². The second-order valence-corrected chi connectivity index (χ2v) is 6.12. The van der Waals surface area contributed by atoms with Crippen LogP contribution in [0.4, 0.5) is 0 Å². The second kappa shape index (κ2) is 9.37. The highest BCUT2D eigenvalue weighted by molar-refractivity contribution is 9.10. The van der Waals surface area contributed by atoms with Gasteiger partial charge in [-0.1, -0.05) is 36.7 Å². The summed E-state index contributed by atoms with van der Waals surface area (Å²) in [5.74, 6) is 0.974. The van der Waals surface area contributed by atoms with E-state index in [1.54, 1.807) is 0 Å². The molecular formula is C16H26BrNO2. The normalized spacial score (nSPS) is 11.1. The first kappa shape index (κ1) is 17.5. The first-order valence-electron chi connectivity index (χ1n) is 7.27. The Balaban J connectivity index is 2.66. The number of ether oxygens (including phenoxy) is 2. The van der Waals surface area contributed by atoms with Crippen LogP contribution >= 0.6 is 15.9 Å². The molecule has 1 aromatic carbocycles. The molecule has 0 saturated carbocycles. The molecule has 0 saturated heterocycles. The monoisotopic (exact) mass is 343 g/mol. The lowest BCUT2D eigenvalue weighted by molar-refractivity contribution is 0.1000. The summed E-state index contributed by atoms with van der Waals surface area (Å²) in [6.07, 6.45) is 1.04. The quantitative estimate of drug-likeness (QED) is 0.685. The molecule has 4 heteroatoms. The number of aryl methyl sites for hydroxylation is 1. The summed E-state index contributed by atoms with van der Waals surface area (Å²) in [5, 5.41) is 3.44. The van der Waals surface area contributed by atoms with Crippen molar-refractivity contribution in [2.45, 2.75) is 46.7 Å². The molecular weight excluding hydrogens is 318 g/mol. The van der Waals surface area contributed by atoms with E-state index < -0.39 is 0 Å². The molecule has 0 atom stereocenters. The molecule has 0 heterocycles. The minimum atomic E-state index is 0.454. The molecule has 0 unspecified atom stereocenters. The van der Waals surface area contributed by atoms with Crippen LogP contribution in [0.1, 0.15) is 38.3 Å². The molecule has 0 aromatic heterocycles. The van der Waals surface area contributed by atoms with Crippen LogP contribution in [-0.4, -0.2) is 25.9 Å². The van der Waals surface area contributed by atoms with Crippen molar-refractivity contribution >= 4 is 15.9 Å². The molecule has 0 fully saturated rings. The number of benzene rings is 1. The van der Waals surface area contributed by atoms with Gasteiger partial charge in [0.15, 0.2) is 0 Å². The number of nitrogens with one attached hydrogen (secondary N) is 1. The van der Waals surface area contributed by atoms with Gasteiger partial charge in [0.05, 0.1) is 6.61 Å². The third-order valence-electron chi connectivity index (χ3n) is 2.84. The van der Waals surface area contributed by atoms with Gasteiger partial charge >= 0.3 is 0 Å². The summed E-state index contributed by atoms with van der Waals surface area (Å²) in [5.41, 5.74) is 2.33. The van der Waals surface area contributed by atoms with Crippen LogP contribution in [0.5, 0.6) is 5.75 Å². The smallest absolute Gasteiger partial charge is 0.126 e. The average Bonchev–Trinajstić information content (AvgIpc) is 2.38. The minimum Gasteiger partial charge on any atom is -0.491 e. The lowest BCUT2D eigenvalue weighted by Crippen LogP contribution is -2.22. The van der Waals surface area contributed by atoms with Gasteiger partial charge < -0.3 is 14.8 Å². The Kier molecular flexibility index (Phi) is 8.19. The molecule has 3 nitrogen and oxygen atoms in total. The van der Waals surface area contributed by atoms with Crippen molar-refractivity contribution in [3.8, 4) is 5.75 Å². The van der Waals surface area contributed by atoms with E-state index in [-0.39, 0.29) is 0 Å². The number of hydrogen-bond donors (Lipinski definition) is 1. The highest BCUT2D eigenvalue weighted by Gasteiger charge is 2.09. The predicted molar refractivity (Wildman–Crippen MR) is 87.5 cm³/mol. The molecule has 0 spiro atoms. The summed E-state index contributed by atoms with van der Waals surface area (Å²) in [6, 6.07) is 4.65. The van der Waals surface area contributed by atoms with Crippen molar-refractivity contribution in [3.63, 3.8) is 0 Å². The summed E-state index contributed by atoms with van der Waals surface area (Å²) in [4.78, 5) is 0. The van der Waals surface area contributed by atoms with Gasteiger partial charge in [0.2, 0.25) is 0 Å². The van der Waals surface area contributed by atoms with Crippen LogP contribution in [-0.2, 0) is 11.3 Å². The van der Waals surface area contributed by atoms with E-state index in [0.29, 0.717) is 19.3 Å². The highest BCUT2D eigenvalue weighted by atomic mass is 79.9. The van der Waals surface area contributed by atoms with Crippen molar-refractivity contribution in [1.29, 1.82) is 0 Å². The Hall–Kier alpha value is -0.580. The van der Waals surface area contributed by atoms with E-state index in [0.717, 1.165) is 35.4 Å². The summed E-state index contributed by atoms with van der Waals surface area (Å²) in [6.45, 7) is 11.3. The molecule has 0 aliphatic rings. The molecule has 1 N–H and O–H groups in total. The van der Waals surface area contributed by atoms with E-state index in [9.17, 15) is 0 Å². The number of halogens is 1. The van der Waals surface area contributed by atoms with Crippen LogP contribution in [0, 0.1) is 6.92 Å². The van der Waals surface area contributed by atoms with Crippen LogP contribution in [0.3, 0.4) is 0 Å². The predicted octanol–water partition coefficient (Wildman–Crippen LogP) is 4.06. The van der Waals surface area contributed by atoms with Gasteiger partial charge in [-0.15, -0.1) is 0 Å². The SMILES string of the molecule is CCCOCCOc1c(C)cc(Br)cc1CNC(C)C. The lowest BCUT2D eigenvalue weighted by atomic mass is 10.1. The zero-order chi connectivity index (χ0) is 15.0. The summed E-state index contributed by atoms with van der Waals surface area (Å²) in [7, 11) is 0. The van der Waals surface area contributed by atoms with Crippen molar-refractivity contribution < 1.29 is 9.47 Å². The van der Waals surface area contributed by atoms with Gasteiger partial charge in [0.25, 0.3) is 0 Å². The van der Waals surface area contributed by atoms with E-state index in [1.165, 1.54) is 5.56 Å². The van der Waals surface area contributed by atoms with E-state index in [1.807, 2.05) is 0 Å². The molecule has 0 radical (unpaired) electrons. The standard InChI is InChI=1S/C16H26BrNO2/c1-5-6-19-7-8-20-16-13(4)9-15(17)10-14(16)11-18-12(2)3/h9-10,12,18H,5-8,11H2,1-4H3. The van der Waals surface area contributed by atoms with Crippen LogP contribution in [0.15, 0.2) is 16.6 Å². The topological polar surface area (TPSA) is 30.5 Å². The number of rotatable bonds is 9. The number of hydrogen-bond acceptors (Lipinski definition) is 3. The average molecular weight is 344 g/mol. The van der Waals surface area contributed by atoms with E-state index in [2.05, 4.69) is 61.1 Å².